The number of anilines is 2. The SMILES string of the molecule is C[C@H](C(=O)Nc1cnc2c(c1)N(S(=O)(=O)c1cccc(C3CC3)c1)C[C@H](CO)O2)c1ccccc1. The first-order chi connectivity index (χ1) is 16.9. The Morgan fingerprint density at radius 1 is 1.17 bits per heavy atom. The molecule has 1 fully saturated rings. The second-order valence-corrected chi connectivity index (χ2v) is 10.8. The molecule has 0 radical (unpaired) electrons. The van der Waals surface area contributed by atoms with Gasteiger partial charge in [0.15, 0.2) is 0 Å². The van der Waals surface area contributed by atoms with Crippen LogP contribution in [0.2, 0.25) is 0 Å². The smallest absolute Gasteiger partial charge is 0.264 e. The Morgan fingerprint density at radius 3 is 2.66 bits per heavy atom. The van der Waals surface area contributed by atoms with Gasteiger partial charge in [0, 0.05) is 0 Å². The van der Waals surface area contributed by atoms with E-state index >= 15 is 0 Å². The van der Waals surface area contributed by atoms with Crippen LogP contribution in [0.5, 0.6) is 5.88 Å². The molecule has 35 heavy (non-hydrogen) atoms. The maximum Gasteiger partial charge on any atom is 0.264 e. The Kier molecular flexibility index (Phi) is 6.21. The maximum absolute atomic E-state index is 13.7. The van der Waals surface area contributed by atoms with Gasteiger partial charge in [0.25, 0.3) is 10.0 Å². The number of aromatic nitrogens is 1. The summed E-state index contributed by atoms with van der Waals surface area (Å²) in [5.74, 6) is -0.157. The molecule has 8 nitrogen and oxygen atoms in total. The predicted molar refractivity (Wildman–Crippen MR) is 132 cm³/mol. The molecule has 1 amide bonds. The van der Waals surface area contributed by atoms with Crippen molar-refractivity contribution in [2.24, 2.45) is 0 Å². The zero-order valence-corrected chi connectivity index (χ0v) is 20.1. The van der Waals surface area contributed by atoms with Crippen LogP contribution in [-0.2, 0) is 14.8 Å². The molecular weight excluding hydrogens is 466 g/mol. The molecule has 182 valence electrons. The third-order valence-electron chi connectivity index (χ3n) is 6.41. The van der Waals surface area contributed by atoms with Crippen molar-refractivity contribution in [3.63, 3.8) is 0 Å². The van der Waals surface area contributed by atoms with Crippen molar-refractivity contribution in [1.82, 2.24) is 4.98 Å². The first-order valence-corrected chi connectivity index (χ1v) is 13.1. The van der Waals surface area contributed by atoms with Gasteiger partial charge in [-0.25, -0.2) is 13.4 Å². The number of hydrogen-bond acceptors (Lipinski definition) is 6. The van der Waals surface area contributed by atoms with Crippen LogP contribution in [0.1, 0.15) is 42.7 Å². The highest BCUT2D eigenvalue weighted by atomic mass is 32.2. The molecule has 5 rings (SSSR count). The van der Waals surface area contributed by atoms with Crippen molar-refractivity contribution in [1.29, 1.82) is 0 Å². The number of carbonyl (C=O) groups is 1. The van der Waals surface area contributed by atoms with Gasteiger partial charge < -0.3 is 15.2 Å². The van der Waals surface area contributed by atoms with Crippen LogP contribution in [-0.4, -0.2) is 43.7 Å². The van der Waals surface area contributed by atoms with Gasteiger partial charge in [0.05, 0.1) is 35.8 Å². The molecule has 1 aliphatic heterocycles. The molecule has 1 aliphatic carbocycles. The first kappa shape index (κ1) is 23.3. The monoisotopic (exact) mass is 493 g/mol. The summed E-state index contributed by atoms with van der Waals surface area (Å²) >= 11 is 0. The van der Waals surface area contributed by atoms with Crippen molar-refractivity contribution in [2.45, 2.75) is 42.6 Å². The summed E-state index contributed by atoms with van der Waals surface area (Å²) in [5, 5.41) is 12.5. The van der Waals surface area contributed by atoms with E-state index < -0.39 is 22.0 Å². The topological polar surface area (TPSA) is 109 Å². The van der Waals surface area contributed by atoms with Crippen molar-refractivity contribution in [3.05, 3.63) is 78.0 Å². The van der Waals surface area contributed by atoms with E-state index in [1.54, 1.807) is 31.2 Å². The van der Waals surface area contributed by atoms with Crippen LogP contribution >= 0.6 is 0 Å². The molecule has 2 N–H and O–H groups in total. The normalized spacial score (nSPS) is 18.3. The van der Waals surface area contributed by atoms with E-state index in [2.05, 4.69) is 10.3 Å². The molecule has 0 unspecified atom stereocenters. The van der Waals surface area contributed by atoms with E-state index in [-0.39, 0.29) is 35.5 Å². The van der Waals surface area contributed by atoms with Gasteiger partial charge >= 0.3 is 0 Å². The fourth-order valence-corrected chi connectivity index (χ4v) is 5.74. The standard InChI is InChI=1S/C26H27N3O5S/c1-17(18-6-3-2-4-7-18)25(31)28-21-13-24-26(27-14-21)34-22(16-30)15-29(24)35(32,33)23-9-5-8-20(12-23)19-10-11-19/h2-9,12-14,17,19,22,30H,10-11,15-16H2,1H3,(H,28,31)/t17-,22+/m0/s1. The lowest BCUT2D eigenvalue weighted by molar-refractivity contribution is -0.117. The van der Waals surface area contributed by atoms with Crippen LogP contribution in [0.3, 0.4) is 0 Å². The Bertz CT molecular complexity index is 1340. The van der Waals surface area contributed by atoms with Gasteiger partial charge in [-0.3, -0.25) is 9.10 Å². The lowest BCUT2D eigenvalue weighted by Gasteiger charge is -2.34. The molecule has 9 heteroatoms. The number of sulfonamides is 1. The van der Waals surface area contributed by atoms with Crippen molar-refractivity contribution in [2.75, 3.05) is 22.8 Å². The van der Waals surface area contributed by atoms with Gasteiger partial charge in [-0.1, -0.05) is 42.5 Å². The predicted octanol–water partition coefficient (Wildman–Crippen LogP) is 3.65. The molecule has 2 aromatic carbocycles. The first-order valence-electron chi connectivity index (χ1n) is 11.6. The summed E-state index contributed by atoms with van der Waals surface area (Å²) in [7, 11) is -3.96. The number of aliphatic hydroxyl groups is 1. The van der Waals surface area contributed by atoms with E-state index in [4.69, 9.17) is 4.74 Å². The van der Waals surface area contributed by atoms with Crippen molar-refractivity contribution >= 4 is 27.3 Å². The number of pyridine rings is 1. The average molecular weight is 494 g/mol. The van der Waals surface area contributed by atoms with E-state index in [1.165, 1.54) is 10.5 Å². The van der Waals surface area contributed by atoms with Gasteiger partial charge in [-0.05, 0) is 55.0 Å². The second-order valence-electron chi connectivity index (χ2n) is 8.98. The molecule has 1 saturated carbocycles. The van der Waals surface area contributed by atoms with Crippen molar-refractivity contribution in [3.8, 4) is 5.88 Å². The quantitative estimate of drug-likeness (QED) is 0.520. The van der Waals surface area contributed by atoms with Crippen LogP contribution in [0.25, 0.3) is 0 Å². The number of benzene rings is 2. The molecular formula is C26H27N3O5S. The molecule has 2 aliphatic rings. The van der Waals surface area contributed by atoms with Gasteiger partial charge in [-0.2, -0.15) is 0 Å². The third-order valence-corrected chi connectivity index (χ3v) is 8.18. The highest BCUT2D eigenvalue weighted by Crippen LogP contribution is 2.42. The fraction of sp³-hybridized carbons (Fsp3) is 0.308. The van der Waals surface area contributed by atoms with Crippen LogP contribution < -0.4 is 14.4 Å². The minimum Gasteiger partial charge on any atom is -0.468 e. The Morgan fingerprint density at radius 2 is 1.94 bits per heavy atom. The zero-order valence-electron chi connectivity index (χ0n) is 19.3. The number of nitrogens with zero attached hydrogens (tertiary/aromatic N) is 2. The number of nitrogens with one attached hydrogen (secondary N) is 1. The molecule has 0 spiro atoms. The van der Waals surface area contributed by atoms with Crippen LogP contribution in [0.15, 0.2) is 71.8 Å². The highest BCUT2D eigenvalue weighted by molar-refractivity contribution is 7.92. The number of rotatable bonds is 7. The summed E-state index contributed by atoms with van der Waals surface area (Å²) < 4.78 is 34.3. The summed E-state index contributed by atoms with van der Waals surface area (Å²) in [5.41, 5.74) is 2.45. The average Bonchev–Trinajstić information content (AvgIpc) is 3.74. The van der Waals surface area contributed by atoms with Crippen LogP contribution in [0, 0.1) is 0 Å². The largest absolute Gasteiger partial charge is 0.468 e. The Hall–Kier alpha value is -3.43. The molecule has 0 bridgehead atoms. The lowest BCUT2D eigenvalue weighted by Crippen LogP contribution is -2.45. The minimum atomic E-state index is -3.96. The van der Waals surface area contributed by atoms with E-state index in [0.29, 0.717) is 11.6 Å². The number of carbonyl (C=O) groups excluding carboxylic acids is 1. The van der Waals surface area contributed by atoms with E-state index in [1.807, 2.05) is 36.4 Å². The Balaban J connectivity index is 1.46. The summed E-state index contributed by atoms with van der Waals surface area (Å²) in [6.07, 6.45) is 2.79. The second kappa shape index (κ2) is 9.31. The van der Waals surface area contributed by atoms with Crippen molar-refractivity contribution < 1.29 is 23.1 Å². The number of ether oxygens (including phenoxy) is 1. The van der Waals surface area contributed by atoms with E-state index in [0.717, 1.165) is 24.0 Å². The number of aliphatic hydroxyl groups excluding tert-OH is 1. The number of amides is 1. The van der Waals surface area contributed by atoms with E-state index in [9.17, 15) is 18.3 Å². The lowest BCUT2D eigenvalue weighted by atomic mass is 10.0. The van der Waals surface area contributed by atoms with Gasteiger partial charge in [0.2, 0.25) is 11.8 Å². The summed E-state index contributed by atoms with van der Waals surface area (Å²) in [6.45, 7) is 1.37. The van der Waals surface area contributed by atoms with Crippen LogP contribution in [0.4, 0.5) is 11.4 Å². The third kappa shape index (κ3) is 4.74. The molecule has 2 atom stereocenters. The highest BCUT2D eigenvalue weighted by Gasteiger charge is 2.36. The molecule has 1 aromatic heterocycles. The number of fused-ring (bicyclic) bond motifs is 1. The summed E-state index contributed by atoms with van der Waals surface area (Å²) in [6, 6.07) is 17.9. The molecule has 2 heterocycles. The molecule has 3 aromatic rings. The maximum atomic E-state index is 13.7. The summed E-state index contributed by atoms with van der Waals surface area (Å²) in [4.78, 5) is 17.3. The minimum absolute atomic E-state index is 0.0704. The molecule has 0 saturated heterocycles. The van der Waals surface area contributed by atoms with Gasteiger partial charge in [-0.15, -0.1) is 0 Å². The number of hydrogen-bond donors (Lipinski definition) is 2. The zero-order chi connectivity index (χ0) is 24.6. The van der Waals surface area contributed by atoms with Gasteiger partial charge in [0.1, 0.15) is 11.8 Å². The Labute approximate surface area is 204 Å². The fourth-order valence-electron chi connectivity index (χ4n) is 4.20.